The van der Waals surface area contributed by atoms with Gasteiger partial charge in [0, 0.05) is 37.5 Å². The van der Waals surface area contributed by atoms with E-state index in [1.165, 1.54) is 0 Å². The quantitative estimate of drug-likeness (QED) is 0.750. The smallest absolute Gasteiger partial charge is 0.165 e. The fourth-order valence-electron chi connectivity index (χ4n) is 1.71. The molecule has 4 heteroatoms. The predicted molar refractivity (Wildman–Crippen MR) is 67.2 cm³/mol. The van der Waals surface area contributed by atoms with Gasteiger partial charge in [-0.2, -0.15) is 0 Å². The van der Waals surface area contributed by atoms with E-state index in [0.29, 0.717) is 6.42 Å². The van der Waals surface area contributed by atoms with Crippen LogP contribution < -0.4 is 5.73 Å². The van der Waals surface area contributed by atoms with Gasteiger partial charge in [0.1, 0.15) is 0 Å². The zero-order valence-corrected chi connectivity index (χ0v) is 10.1. The molecule has 1 aliphatic rings. The van der Waals surface area contributed by atoms with Crippen molar-refractivity contribution >= 4 is 6.21 Å². The number of aliphatic hydroxyl groups excluding tert-OH is 1. The Morgan fingerprint density at radius 2 is 2.06 bits per heavy atom. The van der Waals surface area contributed by atoms with Crippen LogP contribution in [0.3, 0.4) is 0 Å². The number of nitrogens with zero attached hydrogens (tertiary/aromatic N) is 2. The van der Waals surface area contributed by atoms with Crippen molar-refractivity contribution in [2.45, 2.75) is 33.1 Å². The van der Waals surface area contributed by atoms with Crippen molar-refractivity contribution in [3.05, 3.63) is 23.4 Å². The summed E-state index contributed by atoms with van der Waals surface area (Å²) in [7, 11) is 0. The molecule has 0 spiro atoms. The molecule has 0 fully saturated rings. The van der Waals surface area contributed by atoms with E-state index in [9.17, 15) is 5.11 Å². The SMILES string of the molecule is CCCN(C=C1CC=NC(N)=C1O)CCC. The average Bonchev–Trinajstić information content (AvgIpc) is 2.25. The monoisotopic (exact) mass is 223 g/mol. The minimum absolute atomic E-state index is 0.125. The van der Waals surface area contributed by atoms with Gasteiger partial charge < -0.3 is 15.7 Å². The van der Waals surface area contributed by atoms with Crippen LogP contribution in [0.1, 0.15) is 33.1 Å². The summed E-state index contributed by atoms with van der Waals surface area (Å²) in [5, 5.41) is 9.77. The maximum absolute atomic E-state index is 9.77. The first-order valence-electron chi connectivity index (χ1n) is 5.85. The minimum Gasteiger partial charge on any atom is -0.504 e. The Hall–Kier alpha value is -1.45. The highest BCUT2D eigenvalue weighted by molar-refractivity contribution is 5.67. The summed E-state index contributed by atoms with van der Waals surface area (Å²) in [6.45, 7) is 6.30. The van der Waals surface area contributed by atoms with Crippen LogP contribution in [0.2, 0.25) is 0 Å². The summed E-state index contributed by atoms with van der Waals surface area (Å²) in [5.41, 5.74) is 6.42. The van der Waals surface area contributed by atoms with E-state index in [0.717, 1.165) is 31.5 Å². The maximum Gasteiger partial charge on any atom is 0.165 e. The second kappa shape index (κ2) is 6.20. The molecule has 0 bridgehead atoms. The minimum atomic E-state index is 0.125. The van der Waals surface area contributed by atoms with Crippen LogP contribution in [0.4, 0.5) is 0 Å². The third kappa shape index (κ3) is 3.29. The average molecular weight is 223 g/mol. The van der Waals surface area contributed by atoms with Crippen LogP contribution in [-0.4, -0.2) is 29.3 Å². The molecule has 1 heterocycles. The van der Waals surface area contributed by atoms with Gasteiger partial charge in [-0.1, -0.05) is 13.8 Å². The summed E-state index contributed by atoms with van der Waals surface area (Å²) >= 11 is 0. The number of hydrogen-bond acceptors (Lipinski definition) is 4. The molecule has 3 N–H and O–H groups in total. The van der Waals surface area contributed by atoms with E-state index in [-0.39, 0.29) is 11.6 Å². The molecule has 1 aliphatic heterocycles. The zero-order chi connectivity index (χ0) is 12.0. The van der Waals surface area contributed by atoms with Crippen molar-refractivity contribution in [2.75, 3.05) is 13.1 Å². The van der Waals surface area contributed by atoms with Gasteiger partial charge in [-0.05, 0) is 12.8 Å². The lowest BCUT2D eigenvalue weighted by molar-refractivity contribution is 0.362. The molecule has 0 aromatic rings. The zero-order valence-electron chi connectivity index (χ0n) is 10.1. The van der Waals surface area contributed by atoms with Crippen LogP contribution in [0.15, 0.2) is 28.3 Å². The third-order valence-electron chi connectivity index (χ3n) is 2.45. The first-order valence-corrected chi connectivity index (χ1v) is 5.85. The molecule has 0 atom stereocenters. The molecule has 0 aromatic carbocycles. The van der Waals surface area contributed by atoms with Gasteiger partial charge in [-0.25, -0.2) is 4.99 Å². The van der Waals surface area contributed by atoms with Gasteiger partial charge in [0.05, 0.1) is 0 Å². The molecular weight excluding hydrogens is 202 g/mol. The Balaban J connectivity index is 2.77. The highest BCUT2D eigenvalue weighted by Gasteiger charge is 2.12. The Morgan fingerprint density at radius 1 is 1.44 bits per heavy atom. The normalized spacial score (nSPS) is 18.2. The van der Waals surface area contributed by atoms with Gasteiger partial charge in [-0.3, -0.25) is 0 Å². The Labute approximate surface area is 97.2 Å². The molecular formula is C12H21N3O. The second-order valence-corrected chi connectivity index (χ2v) is 3.94. The van der Waals surface area contributed by atoms with E-state index in [1.54, 1.807) is 6.21 Å². The highest BCUT2D eigenvalue weighted by atomic mass is 16.3. The fraction of sp³-hybridized carbons (Fsp3) is 0.583. The molecule has 4 nitrogen and oxygen atoms in total. The first-order chi connectivity index (χ1) is 7.69. The van der Waals surface area contributed by atoms with Crippen LogP contribution in [0.25, 0.3) is 0 Å². The molecule has 16 heavy (non-hydrogen) atoms. The maximum atomic E-state index is 9.77. The highest BCUT2D eigenvalue weighted by Crippen LogP contribution is 2.18. The molecule has 1 rings (SSSR count). The van der Waals surface area contributed by atoms with Crippen molar-refractivity contribution in [1.82, 2.24) is 4.90 Å². The predicted octanol–water partition coefficient (Wildman–Crippen LogP) is 2.15. The Morgan fingerprint density at radius 3 is 2.62 bits per heavy atom. The van der Waals surface area contributed by atoms with Gasteiger partial charge in [0.2, 0.25) is 0 Å². The van der Waals surface area contributed by atoms with Crippen molar-refractivity contribution in [3.8, 4) is 0 Å². The van der Waals surface area contributed by atoms with E-state index >= 15 is 0 Å². The fourth-order valence-corrected chi connectivity index (χ4v) is 1.71. The Kier molecular flexibility index (Phi) is 4.89. The lowest BCUT2D eigenvalue weighted by Gasteiger charge is -2.21. The standard InChI is InChI=1S/C12H21N3O/c1-3-7-15(8-4-2)9-10-5-6-14-12(13)11(10)16/h6,9,16H,3-5,7-8,13H2,1-2H3. The summed E-state index contributed by atoms with van der Waals surface area (Å²) in [6, 6.07) is 0. The van der Waals surface area contributed by atoms with Crippen molar-refractivity contribution < 1.29 is 5.11 Å². The number of rotatable bonds is 5. The summed E-state index contributed by atoms with van der Waals surface area (Å²) < 4.78 is 0. The van der Waals surface area contributed by atoms with E-state index in [1.807, 2.05) is 6.20 Å². The van der Waals surface area contributed by atoms with Crippen LogP contribution >= 0.6 is 0 Å². The molecule has 0 aromatic heterocycles. The van der Waals surface area contributed by atoms with E-state index in [4.69, 9.17) is 5.73 Å². The van der Waals surface area contributed by atoms with Gasteiger partial charge >= 0.3 is 0 Å². The number of aliphatic hydroxyl groups is 1. The van der Waals surface area contributed by atoms with Crippen LogP contribution in [0, 0.1) is 0 Å². The first kappa shape index (κ1) is 12.6. The van der Waals surface area contributed by atoms with Gasteiger partial charge in [0.15, 0.2) is 11.6 Å². The van der Waals surface area contributed by atoms with E-state index in [2.05, 4.69) is 23.7 Å². The lowest BCUT2D eigenvalue weighted by Crippen LogP contribution is -2.21. The third-order valence-corrected chi connectivity index (χ3v) is 2.45. The lowest BCUT2D eigenvalue weighted by atomic mass is 10.1. The number of aliphatic imine (C=N–C) groups is 1. The number of nitrogens with two attached hydrogens (primary N) is 1. The van der Waals surface area contributed by atoms with Gasteiger partial charge in [-0.15, -0.1) is 0 Å². The summed E-state index contributed by atoms with van der Waals surface area (Å²) in [6.07, 6.45) is 6.57. The number of hydrogen-bond donors (Lipinski definition) is 2. The van der Waals surface area contributed by atoms with Crippen molar-refractivity contribution in [1.29, 1.82) is 0 Å². The van der Waals surface area contributed by atoms with Crippen molar-refractivity contribution in [3.63, 3.8) is 0 Å². The van der Waals surface area contributed by atoms with Gasteiger partial charge in [0.25, 0.3) is 0 Å². The topological polar surface area (TPSA) is 61.8 Å². The molecule has 0 saturated carbocycles. The molecule has 0 saturated heterocycles. The van der Waals surface area contributed by atoms with Crippen molar-refractivity contribution in [2.24, 2.45) is 10.7 Å². The summed E-state index contributed by atoms with van der Waals surface area (Å²) in [4.78, 5) is 6.10. The molecule has 0 aliphatic carbocycles. The van der Waals surface area contributed by atoms with Crippen LogP contribution in [0.5, 0.6) is 0 Å². The van der Waals surface area contributed by atoms with E-state index < -0.39 is 0 Å². The molecule has 0 radical (unpaired) electrons. The molecule has 0 amide bonds. The Bertz CT molecular complexity index is 312. The van der Waals surface area contributed by atoms with Crippen LogP contribution in [-0.2, 0) is 0 Å². The molecule has 90 valence electrons. The summed E-state index contributed by atoms with van der Waals surface area (Å²) in [5.74, 6) is 0.338. The molecule has 0 unspecified atom stereocenters. The number of allylic oxidation sites excluding steroid dienone is 1. The second-order valence-electron chi connectivity index (χ2n) is 3.94. The largest absolute Gasteiger partial charge is 0.504 e.